The van der Waals surface area contributed by atoms with Crippen LogP contribution >= 0.6 is 0 Å². The zero-order valence-electron chi connectivity index (χ0n) is 17.2. The van der Waals surface area contributed by atoms with Crippen molar-refractivity contribution < 1.29 is 4.79 Å². The Morgan fingerprint density at radius 2 is 2.30 bits per heavy atom. The molecule has 3 aromatic heterocycles. The highest BCUT2D eigenvalue weighted by molar-refractivity contribution is 6.03. The van der Waals surface area contributed by atoms with Gasteiger partial charge in [0.25, 0.3) is 5.91 Å². The van der Waals surface area contributed by atoms with Crippen molar-refractivity contribution in [3.63, 3.8) is 0 Å². The van der Waals surface area contributed by atoms with Gasteiger partial charge in [0, 0.05) is 36.3 Å². The third-order valence-electron chi connectivity index (χ3n) is 5.64. The number of anilines is 1. The number of amides is 1. The Labute approximate surface area is 175 Å². The van der Waals surface area contributed by atoms with Gasteiger partial charge in [-0.2, -0.15) is 10.2 Å². The fraction of sp³-hybridized carbons (Fsp3) is 0.409. The van der Waals surface area contributed by atoms with E-state index in [1.807, 2.05) is 12.1 Å². The molecular weight excluding hydrogens is 378 g/mol. The summed E-state index contributed by atoms with van der Waals surface area (Å²) in [5, 5.41) is 14.7. The van der Waals surface area contributed by atoms with Crippen LogP contribution in [0.3, 0.4) is 0 Å². The molecule has 3 heterocycles. The Balaban J connectivity index is 1.51. The average molecular weight is 403 g/mol. The smallest absolute Gasteiger partial charge is 0.276 e. The summed E-state index contributed by atoms with van der Waals surface area (Å²) in [5.41, 5.74) is 4.34. The number of hydrogen-bond acceptors (Lipinski definition) is 4. The maximum Gasteiger partial charge on any atom is 0.276 e. The first kappa shape index (κ1) is 19.8. The molecule has 30 heavy (non-hydrogen) atoms. The van der Waals surface area contributed by atoms with Crippen molar-refractivity contribution in [3.8, 4) is 0 Å². The van der Waals surface area contributed by atoms with E-state index in [2.05, 4.69) is 44.3 Å². The molecule has 0 saturated carbocycles. The molecule has 8 nitrogen and oxygen atoms in total. The van der Waals surface area contributed by atoms with Gasteiger partial charge in [-0.15, -0.1) is 0 Å². The number of H-pyrrole nitrogens is 1. The average Bonchev–Trinajstić information content (AvgIpc) is 3.35. The van der Waals surface area contributed by atoms with Crippen molar-refractivity contribution >= 4 is 11.6 Å². The molecule has 1 aliphatic rings. The second-order valence-corrected chi connectivity index (χ2v) is 8.51. The zero-order valence-corrected chi connectivity index (χ0v) is 17.2. The number of pyridine rings is 1. The molecular formula is C22H25N7O. The van der Waals surface area contributed by atoms with E-state index in [1.165, 1.54) is 0 Å². The predicted molar refractivity (Wildman–Crippen MR) is 113 cm³/mol. The van der Waals surface area contributed by atoms with Crippen molar-refractivity contribution in [2.24, 2.45) is 5.41 Å². The molecule has 4 rings (SSSR count). The molecule has 0 spiro atoms. The van der Waals surface area contributed by atoms with Crippen molar-refractivity contribution in [3.05, 3.63) is 70.9 Å². The largest absolute Gasteiger partial charge is 0.318 e. The van der Waals surface area contributed by atoms with Gasteiger partial charge in [-0.3, -0.25) is 19.6 Å². The lowest BCUT2D eigenvalue weighted by Gasteiger charge is -2.28. The molecule has 0 aliphatic heterocycles. The van der Waals surface area contributed by atoms with Gasteiger partial charge in [0.1, 0.15) is 0 Å². The monoisotopic (exact) mass is 403 g/mol. The molecule has 1 unspecified atom stereocenters. The molecule has 1 amide bonds. The summed E-state index contributed by atoms with van der Waals surface area (Å²) in [6.45, 7) is 12.0. The van der Waals surface area contributed by atoms with E-state index < -0.39 is 0 Å². The first-order chi connectivity index (χ1) is 14.5. The van der Waals surface area contributed by atoms with E-state index in [0.717, 1.165) is 36.1 Å². The van der Waals surface area contributed by atoms with E-state index in [1.54, 1.807) is 29.5 Å². The summed E-state index contributed by atoms with van der Waals surface area (Å²) in [6, 6.07) is 3.73. The molecule has 2 N–H and O–H groups in total. The molecule has 3 aromatic rings. The maximum absolute atomic E-state index is 12.8. The van der Waals surface area contributed by atoms with Crippen LogP contribution in [0.4, 0.5) is 5.69 Å². The quantitative estimate of drug-likeness (QED) is 0.614. The number of nitrogens with one attached hydrogen (secondary N) is 2. The predicted octanol–water partition coefficient (Wildman–Crippen LogP) is 3.67. The van der Waals surface area contributed by atoms with Gasteiger partial charge in [0.05, 0.1) is 17.9 Å². The third kappa shape index (κ3) is 4.10. The topological polar surface area (TPSA) is 92.9 Å². The minimum atomic E-state index is -0.231. The van der Waals surface area contributed by atoms with Gasteiger partial charge in [0.2, 0.25) is 6.54 Å². The number of aromatic nitrogens is 5. The van der Waals surface area contributed by atoms with Gasteiger partial charge in [-0.25, -0.2) is 6.57 Å². The minimum Gasteiger partial charge on any atom is -0.318 e. The van der Waals surface area contributed by atoms with Crippen LogP contribution in [0.2, 0.25) is 0 Å². The lowest BCUT2D eigenvalue weighted by Crippen LogP contribution is -2.23. The van der Waals surface area contributed by atoms with E-state index >= 15 is 0 Å². The fourth-order valence-corrected chi connectivity index (χ4v) is 4.01. The van der Waals surface area contributed by atoms with Crippen molar-refractivity contribution in [1.82, 2.24) is 25.0 Å². The SMILES string of the molecule is [C-]#[N+]CCC(c1cccnc1)n1cc(NC(=O)c2n[nH]c3c2CCC(C)(C)C3)cn1. The van der Waals surface area contributed by atoms with Crippen LogP contribution in [0, 0.1) is 12.0 Å². The lowest BCUT2D eigenvalue weighted by molar-refractivity contribution is 0.102. The summed E-state index contributed by atoms with van der Waals surface area (Å²) in [4.78, 5) is 20.5. The molecule has 0 aromatic carbocycles. The van der Waals surface area contributed by atoms with Crippen LogP contribution < -0.4 is 5.32 Å². The summed E-state index contributed by atoms with van der Waals surface area (Å²) in [6.07, 6.45) is 10.3. The van der Waals surface area contributed by atoms with Crippen molar-refractivity contribution in [2.75, 3.05) is 11.9 Å². The standard InChI is InChI=1S/C22H25N7O/c1-22(2)8-6-17-18(11-22)27-28-20(17)21(30)26-16-13-25-29(14-16)19(7-10-23-3)15-5-4-9-24-12-15/h4-5,9,12-14,19H,6-8,10-11H2,1-2H3,(H,26,30)(H,27,28). The molecule has 1 aliphatic carbocycles. The Bertz CT molecular complexity index is 1070. The second-order valence-electron chi connectivity index (χ2n) is 8.51. The van der Waals surface area contributed by atoms with Crippen LogP contribution in [-0.2, 0) is 12.8 Å². The van der Waals surface area contributed by atoms with Crippen LogP contribution in [0.5, 0.6) is 0 Å². The molecule has 0 fully saturated rings. The first-order valence-corrected chi connectivity index (χ1v) is 10.1. The third-order valence-corrected chi connectivity index (χ3v) is 5.64. The highest BCUT2D eigenvalue weighted by Crippen LogP contribution is 2.35. The van der Waals surface area contributed by atoms with Gasteiger partial charge >= 0.3 is 0 Å². The molecule has 0 saturated heterocycles. The molecule has 0 radical (unpaired) electrons. The minimum absolute atomic E-state index is 0.112. The summed E-state index contributed by atoms with van der Waals surface area (Å²) in [5.74, 6) is -0.231. The fourth-order valence-electron chi connectivity index (χ4n) is 4.01. The molecule has 0 bridgehead atoms. The van der Waals surface area contributed by atoms with Gasteiger partial charge < -0.3 is 10.2 Å². The number of fused-ring (bicyclic) bond motifs is 1. The molecule has 154 valence electrons. The number of carbonyl (C=O) groups excluding carboxylic acids is 1. The van der Waals surface area contributed by atoms with Crippen LogP contribution in [-0.4, -0.2) is 37.4 Å². The molecule has 8 heteroatoms. The summed E-state index contributed by atoms with van der Waals surface area (Å²) >= 11 is 0. The normalized spacial score (nSPS) is 15.8. The number of hydrogen-bond donors (Lipinski definition) is 2. The van der Waals surface area contributed by atoms with E-state index in [9.17, 15) is 4.79 Å². The van der Waals surface area contributed by atoms with E-state index in [-0.39, 0.29) is 17.4 Å². The van der Waals surface area contributed by atoms with Crippen LogP contribution in [0.1, 0.15) is 60.0 Å². The van der Waals surface area contributed by atoms with E-state index in [0.29, 0.717) is 24.3 Å². The highest BCUT2D eigenvalue weighted by Gasteiger charge is 2.30. The summed E-state index contributed by atoms with van der Waals surface area (Å²) < 4.78 is 1.78. The number of aromatic amines is 1. The Morgan fingerprint density at radius 3 is 3.07 bits per heavy atom. The van der Waals surface area contributed by atoms with Crippen molar-refractivity contribution in [1.29, 1.82) is 0 Å². The van der Waals surface area contributed by atoms with Gasteiger partial charge in [-0.05, 0) is 36.3 Å². The zero-order chi connectivity index (χ0) is 21.1. The van der Waals surface area contributed by atoms with Crippen LogP contribution in [0.25, 0.3) is 4.85 Å². The lowest BCUT2D eigenvalue weighted by atomic mass is 9.76. The highest BCUT2D eigenvalue weighted by atomic mass is 16.2. The number of nitrogens with zero attached hydrogens (tertiary/aromatic N) is 5. The first-order valence-electron chi connectivity index (χ1n) is 10.1. The summed E-state index contributed by atoms with van der Waals surface area (Å²) in [7, 11) is 0. The van der Waals surface area contributed by atoms with Crippen molar-refractivity contribution in [2.45, 2.75) is 45.6 Å². The second kappa shape index (κ2) is 8.11. The van der Waals surface area contributed by atoms with Crippen LogP contribution in [0.15, 0.2) is 36.9 Å². The van der Waals surface area contributed by atoms with Gasteiger partial charge in [-0.1, -0.05) is 19.9 Å². The maximum atomic E-state index is 12.8. The number of rotatable bonds is 6. The number of carbonyl (C=O) groups is 1. The molecule has 1 atom stereocenters. The van der Waals surface area contributed by atoms with E-state index in [4.69, 9.17) is 6.57 Å². The Kier molecular flexibility index (Phi) is 5.36. The van der Waals surface area contributed by atoms with Gasteiger partial charge in [0.15, 0.2) is 5.69 Å². The Hall–Kier alpha value is -3.47. The Morgan fingerprint density at radius 1 is 1.43 bits per heavy atom.